The van der Waals surface area contributed by atoms with Gasteiger partial charge in [-0.1, -0.05) is 12.1 Å². The summed E-state index contributed by atoms with van der Waals surface area (Å²) in [6.45, 7) is 4.00. The summed E-state index contributed by atoms with van der Waals surface area (Å²) in [5, 5.41) is 14.4. The molecule has 162 valence electrons. The molecule has 0 aliphatic carbocycles. The van der Waals surface area contributed by atoms with Crippen LogP contribution in [-0.2, 0) is 11.3 Å². The molecule has 1 aromatic heterocycles. The zero-order chi connectivity index (χ0) is 22.5. The van der Waals surface area contributed by atoms with Crippen LogP contribution in [0.4, 0.5) is 11.4 Å². The van der Waals surface area contributed by atoms with Crippen molar-refractivity contribution in [1.82, 2.24) is 14.9 Å². The molecule has 0 fully saturated rings. The smallest absolute Gasteiger partial charge is 0.296 e. The molecule has 0 aliphatic heterocycles. The van der Waals surface area contributed by atoms with Gasteiger partial charge in [-0.05, 0) is 38.1 Å². The molecule has 0 aliphatic rings. The minimum absolute atomic E-state index is 0.0443. The number of anilines is 1. The zero-order valence-corrected chi connectivity index (χ0v) is 17.4. The number of para-hydroxylation sites is 1. The number of hydrogen-bond acceptors (Lipinski definition) is 7. The average molecular weight is 425 g/mol. The summed E-state index contributed by atoms with van der Waals surface area (Å²) in [5.74, 6) is 0.325. The lowest BCUT2D eigenvalue weighted by Crippen LogP contribution is -2.38. The normalized spacial score (nSPS) is 11.1. The van der Waals surface area contributed by atoms with E-state index in [0.29, 0.717) is 22.5 Å². The Morgan fingerprint density at radius 2 is 2.03 bits per heavy atom. The number of H-pyrrole nitrogens is 1. The van der Waals surface area contributed by atoms with Gasteiger partial charge in [-0.3, -0.25) is 24.6 Å². The maximum Gasteiger partial charge on any atom is 0.296 e. The van der Waals surface area contributed by atoms with Crippen LogP contribution in [0.1, 0.15) is 19.7 Å². The second-order valence-corrected chi connectivity index (χ2v) is 7.22. The van der Waals surface area contributed by atoms with Crippen LogP contribution >= 0.6 is 0 Å². The van der Waals surface area contributed by atoms with E-state index in [1.807, 2.05) is 13.8 Å². The zero-order valence-electron chi connectivity index (χ0n) is 17.4. The molecule has 31 heavy (non-hydrogen) atoms. The van der Waals surface area contributed by atoms with Gasteiger partial charge in [0.05, 0.1) is 42.1 Å². The number of nitro benzene ring substituents is 1. The van der Waals surface area contributed by atoms with Gasteiger partial charge in [-0.25, -0.2) is 4.98 Å². The van der Waals surface area contributed by atoms with Crippen LogP contribution in [0.25, 0.3) is 10.9 Å². The lowest BCUT2D eigenvalue weighted by atomic mass is 10.2. The summed E-state index contributed by atoms with van der Waals surface area (Å²) in [4.78, 5) is 44.7. The molecule has 3 rings (SSSR count). The van der Waals surface area contributed by atoms with Crippen molar-refractivity contribution in [2.24, 2.45) is 0 Å². The SMILES string of the molecule is COc1ccc(NC(=O)CN(Cc2nc3ccccc3c(=O)[nH]2)C(C)C)c([N+](=O)[O-])c1. The Morgan fingerprint density at radius 3 is 2.71 bits per heavy atom. The van der Waals surface area contributed by atoms with Crippen LogP contribution < -0.4 is 15.6 Å². The van der Waals surface area contributed by atoms with E-state index >= 15 is 0 Å². The number of amides is 1. The van der Waals surface area contributed by atoms with E-state index in [0.717, 1.165) is 0 Å². The Kier molecular flexibility index (Phi) is 6.61. The van der Waals surface area contributed by atoms with Crippen molar-refractivity contribution in [3.8, 4) is 5.75 Å². The number of nitrogens with one attached hydrogen (secondary N) is 2. The van der Waals surface area contributed by atoms with Gasteiger partial charge in [0.25, 0.3) is 11.2 Å². The monoisotopic (exact) mass is 425 g/mol. The summed E-state index contributed by atoms with van der Waals surface area (Å²) >= 11 is 0. The summed E-state index contributed by atoms with van der Waals surface area (Å²) in [5.41, 5.74) is 0.145. The number of benzene rings is 2. The third-order valence-corrected chi connectivity index (χ3v) is 4.77. The molecule has 0 radical (unpaired) electrons. The van der Waals surface area contributed by atoms with Gasteiger partial charge in [-0.2, -0.15) is 0 Å². The van der Waals surface area contributed by atoms with Gasteiger partial charge in [0, 0.05) is 6.04 Å². The van der Waals surface area contributed by atoms with E-state index in [2.05, 4.69) is 15.3 Å². The highest BCUT2D eigenvalue weighted by molar-refractivity contribution is 5.94. The molecule has 1 heterocycles. The first kappa shape index (κ1) is 21.9. The first-order valence-electron chi connectivity index (χ1n) is 9.62. The van der Waals surface area contributed by atoms with Crippen molar-refractivity contribution in [2.75, 3.05) is 19.0 Å². The number of aromatic nitrogens is 2. The standard InChI is InChI=1S/C21H23N5O5/c1-13(2)25(11-19-22-16-7-5-4-6-15(16)21(28)24-19)12-20(27)23-17-9-8-14(31-3)10-18(17)26(29)30/h4-10,13H,11-12H2,1-3H3,(H,23,27)(H,22,24,28). The van der Waals surface area contributed by atoms with Gasteiger partial charge in [0.1, 0.15) is 17.3 Å². The third-order valence-electron chi connectivity index (χ3n) is 4.77. The molecule has 2 N–H and O–H groups in total. The number of rotatable bonds is 8. The molecular weight excluding hydrogens is 402 g/mol. The minimum atomic E-state index is -0.581. The molecule has 0 atom stereocenters. The molecular formula is C21H23N5O5. The second-order valence-electron chi connectivity index (χ2n) is 7.22. The van der Waals surface area contributed by atoms with Gasteiger partial charge in [0.15, 0.2) is 0 Å². The van der Waals surface area contributed by atoms with Crippen LogP contribution in [0.2, 0.25) is 0 Å². The van der Waals surface area contributed by atoms with E-state index in [1.54, 1.807) is 29.2 Å². The molecule has 0 saturated carbocycles. The van der Waals surface area contributed by atoms with E-state index < -0.39 is 10.8 Å². The fourth-order valence-corrected chi connectivity index (χ4v) is 3.09. The maximum absolute atomic E-state index is 12.6. The molecule has 10 nitrogen and oxygen atoms in total. The van der Waals surface area contributed by atoms with Crippen molar-refractivity contribution < 1.29 is 14.5 Å². The number of carbonyl (C=O) groups excluding carboxylic acids is 1. The molecule has 3 aromatic rings. The highest BCUT2D eigenvalue weighted by Gasteiger charge is 2.20. The van der Waals surface area contributed by atoms with Crippen molar-refractivity contribution in [3.05, 3.63) is 68.8 Å². The molecule has 0 unspecified atom stereocenters. The second kappa shape index (κ2) is 9.35. The maximum atomic E-state index is 12.6. The van der Waals surface area contributed by atoms with Gasteiger partial charge in [-0.15, -0.1) is 0 Å². The number of hydrogen-bond donors (Lipinski definition) is 2. The van der Waals surface area contributed by atoms with Gasteiger partial charge in [0.2, 0.25) is 5.91 Å². The summed E-state index contributed by atoms with van der Waals surface area (Å²) in [6, 6.07) is 11.2. The number of fused-ring (bicyclic) bond motifs is 1. The van der Waals surface area contributed by atoms with E-state index in [9.17, 15) is 19.7 Å². The van der Waals surface area contributed by atoms with E-state index in [-0.39, 0.29) is 36.1 Å². The summed E-state index contributed by atoms with van der Waals surface area (Å²) in [7, 11) is 1.41. The molecule has 10 heteroatoms. The predicted molar refractivity (Wildman–Crippen MR) is 116 cm³/mol. The van der Waals surface area contributed by atoms with Crippen LogP contribution in [0.15, 0.2) is 47.3 Å². The van der Waals surface area contributed by atoms with E-state index in [1.165, 1.54) is 25.3 Å². The van der Waals surface area contributed by atoms with Crippen LogP contribution in [0.3, 0.4) is 0 Å². The molecule has 1 amide bonds. The average Bonchev–Trinajstić information content (AvgIpc) is 2.73. The number of aromatic amines is 1. The fraction of sp³-hybridized carbons (Fsp3) is 0.286. The van der Waals surface area contributed by atoms with Crippen LogP contribution in [-0.4, -0.2) is 45.4 Å². The van der Waals surface area contributed by atoms with Gasteiger partial charge < -0.3 is 15.0 Å². The molecule has 0 saturated heterocycles. The van der Waals surface area contributed by atoms with Crippen LogP contribution in [0, 0.1) is 10.1 Å². The van der Waals surface area contributed by atoms with Crippen molar-refractivity contribution in [2.45, 2.75) is 26.4 Å². The number of nitrogens with zero attached hydrogens (tertiary/aromatic N) is 3. The Hall–Kier alpha value is -3.79. The first-order valence-corrected chi connectivity index (χ1v) is 9.62. The van der Waals surface area contributed by atoms with Crippen LogP contribution in [0.5, 0.6) is 5.75 Å². The number of ether oxygens (including phenoxy) is 1. The number of carbonyl (C=O) groups is 1. The molecule has 2 aromatic carbocycles. The quantitative estimate of drug-likeness (QED) is 0.419. The molecule has 0 bridgehead atoms. The largest absolute Gasteiger partial charge is 0.496 e. The third kappa shape index (κ3) is 5.23. The van der Waals surface area contributed by atoms with Gasteiger partial charge >= 0.3 is 0 Å². The van der Waals surface area contributed by atoms with Crippen molar-refractivity contribution in [1.29, 1.82) is 0 Å². The lowest BCUT2D eigenvalue weighted by molar-refractivity contribution is -0.384. The number of nitro groups is 1. The molecule has 0 spiro atoms. The van der Waals surface area contributed by atoms with E-state index in [4.69, 9.17) is 4.74 Å². The Balaban J connectivity index is 1.77. The first-order chi connectivity index (χ1) is 14.8. The highest BCUT2D eigenvalue weighted by atomic mass is 16.6. The highest BCUT2D eigenvalue weighted by Crippen LogP contribution is 2.29. The fourth-order valence-electron chi connectivity index (χ4n) is 3.09. The number of methoxy groups -OCH3 is 1. The van der Waals surface area contributed by atoms with Crippen molar-refractivity contribution in [3.63, 3.8) is 0 Å². The predicted octanol–water partition coefficient (Wildman–Crippen LogP) is 2.69. The Labute approximate surface area is 178 Å². The van der Waals surface area contributed by atoms with Crippen molar-refractivity contribution >= 4 is 28.2 Å². The Bertz CT molecular complexity index is 1170. The lowest BCUT2D eigenvalue weighted by Gasteiger charge is -2.25. The Morgan fingerprint density at radius 1 is 1.29 bits per heavy atom. The minimum Gasteiger partial charge on any atom is -0.496 e. The summed E-state index contributed by atoms with van der Waals surface area (Å²) < 4.78 is 5.01. The topological polar surface area (TPSA) is 130 Å². The summed E-state index contributed by atoms with van der Waals surface area (Å²) in [6.07, 6.45) is 0.